The number of nitrogens with one attached hydrogen (secondary N) is 2. The molecule has 11 heteroatoms. The number of alkyl halides is 3. The Bertz CT molecular complexity index is 1730. The lowest BCUT2D eigenvalue weighted by Gasteiger charge is -2.51. The van der Waals surface area contributed by atoms with E-state index in [1.807, 2.05) is 87.5 Å². The molecule has 2 saturated heterocycles. The number of hydrogen-bond donors (Lipinski definition) is 3. The lowest BCUT2D eigenvalue weighted by molar-refractivity contribution is -0.278. The molecule has 3 N–H and O–H groups in total. The summed E-state index contributed by atoms with van der Waals surface area (Å²) < 4.78 is 11.8. The van der Waals surface area contributed by atoms with Gasteiger partial charge in [0.1, 0.15) is 0 Å². The molecule has 0 radical (unpaired) electrons. The predicted octanol–water partition coefficient (Wildman–Crippen LogP) is 8.56. The van der Waals surface area contributed by atoms with Gasteiger partial charge < -0.3 is 25.2 Å². The molecule has 0 aromatic heterocycles. The zero-order valence-electron chi connectivity index (χ0n) is 31.0. The summed E-state index contributed by atoms with van der Waals surface area (Å²) >= 11 is 17.2. The zero-order valence-corrected chi connectivity index (χ0v) is 33.3. The molecule has 0 spiro atoms. The van der Waals surface area contributed by atoms with Crippen LogP contribution in [0.4, 0.5) is 0 Å². The van der Waals surface area contributed by atoms with Crippen molar-refractivity contribution in [3.05, 3.63) is 95.1 Å². The Morgan fingerprint density at radius 2 is 1.55 bits per heavy atom. The maximum absolute atomic E-state index is 13.9. The number of aliphatic hydroxyl groups is 1. The van der Waals surface area contributed by atoms with E-state index in [1.54, 1.807) is 0 Å². The fourth-order valence-electron chi connectivity index (χ4n) is 8.27. The van der Waals surface area contributed by atoms with Crippen molar-refractivity contribution < 1.29 is 24.2 Å². The molecule has 0 unspecified atom stereocenters. The van der Waals surface area contributed by atoms with Gasteiger partial charge in [-0.1, -0.05) is 115 Å². The van der Waals surface area contributed by atoms with E-state index in [0.717, 1.165) is 52.6 Å². The van der Waals surface area contributed by atoms with E-state index in [-0.39, 0.29) is 48.8 Å². The third-order valence-electron chi connectivity index (χ3n) is 11.0. The number of benzene rings is 3. The molecule has 3 fully saturated rings. The number of fused-ring (bicyclic) bond motifs is 1. The van der Waals surface area contributed by atoms with Crippen LogP contribution in [-0.4, -0.2) is 55.9 Å². The highest BCUT2D eigenvalue weighted by Crippen LogP contribution is 2.45. The average molecular weight is 785 g/mol. The van der Waals surface area contributed by atoms with Crippen LogP contribution in [0.15, 0.2) is 72.8 Å². The van der Waals surface area contributed by atoms with Crippen LogP contribution in [0.25, 0.3) is 11.1 Å². The van der Waals surface area contributed by atoms with Crippen molar-refractivity contribution in [2.75, 3.05) is 6.54 Å². The number of hydrogen-bond acceptors (Lipinski definition) is 6. The van der Waals surface area contributed by atoms with Crippen LogP contribution in [0, 0.1) is 11.8 Å². The topological polar surface area (TPSA) is 100 Å². The molecule has 8 nitrogen and oxygen atoms in total. The number of rotatable bonds is 9. The maximum Gasteiger partial charge on any atom is 0.272 e. The third kappa shape index (κ3) is 9.95. The zero-order chi connectivity index (χ0) is 37.9. The van der Waals surface area contributed by atoms with Gasteiger partial charge in [-0.3, -0.25) is 14.5 Å². The van der Waals surface area contributed by atoms with E-state index in [4.69, 9.17) is 44.3 Å². The first kappa shape index (κ1) is 40.0. The molecule has 0 bridgehead atoms. The highest BCUT2D eigenvalue weighted by Gasteiger charge is 2.46. The molecule has 3 aliphatic rings. The Labute approximate surface area is 328 Å². The Morgan fingerprint density at radius 3 is 2.25 bits per heavy atom. The minimum atomic E-state index is -2.04. The van der Waals surface area contributed by atoms with Crippen LogP contribution < -0.4 is 10.6 Å². The summed E-state index contributed by atoms with van der Waals surface area (Å²) in [6.45, 7) is 9.10. The number of ether oxygens (including phenoxy) is 2. The number of carbonyl (C=O) groups excluding carboxylic acids is 2. The number of amides is 2. The third-order valence-corrected chi connectivity index (χ3v) is 11.5. The van der Waals surface area contributed by atoms with Crippen molar-refractivity contribution in [1.29, 1.82) is 0 Å². The number of likely N-dealkylation sites (tertiary alicyclic amines) is 1. The first-order chi connectivity index (χ1) is 25.2. The second-order valence-corrected chi connectivity index (χ2v) is 18.3. The van der Waals surface area contributed by atoms with Gasteiger partial charge in [0.15, 0.2) is 6.29 Å². The molecular formula is C42H52Cl3N3O5. The van der Waals surface area contributed by atoms with E-state index in [2.05, 4.69) is 28.5 Å². The van der Waals surface area contributed by atoms with E-state index in [1.165, 1.54) is 19.3 Å². The molecule has 3 aromatic rings. The first-order valence-electron chi connectivity index (χ1n) is 18.8. The minimum absolute atomic E-state index is 0.0238. The van der Waals surface area contributed by atoms with Crippen molar-refractivity contribution in [1.82, 2.24) is 15.5 Å². The van der Waals surface area contributed by atoms with E-state index >= 15 is 0 Å². The smallest absolute Gasteiger partial charge is 0.272 e. The molecule has 286 valence electrons. The summed E-state index contributed by atoms with van der Waals surface area (Å²) in [4.78, 5) is 28.5. The van der Waals surface area contributed by atoms with Crippen LogP contribution >= 0.6 is 34.8 Å². The van der Waals surface area contributed by atoms with Crippen molar-refractivity contribution >= 4 is 46.6 Å². The van der Waals surface area contributed by atoms with Crippen LogP contribution in [0.5, 0.6) is 0 Å². The molecule has 2 amide bonds. The van der Waals surface area contributed by atoms with Gasteiger partial charge in [-0.15, -0.1) is 0 Å². The van der Waals surface area contributed by atoms with Gasteiger partial charge in [0, 0.05) is 36.2 Å². The van der Waals surface area contributed by atoms with Gasteiger partial charge in [0.2, 0.25) is 5.91 Å². The standard InChI is InChI=1S/C42H52Cl3N3O5/c1-26-36(24-48-34-14-6-5-10-29(34)19-20-35(48)38(50)47-41(2,3)4)52-39(53-37(26)30-17-15-27(25-49)16-18-30)33-13-8-12-32(22-33)31-11-7-9-28(21-31)23-46-40(51)42(43,44)45/h7-9,11-13,15-18,21-22,26,29,34-37,39,49H,5-6,10,14,19-20,23-25H2,1-4H3,(H,46,51)(H,47,50)/t26-,29-,34-,35-,36+,37+,39+/m1/s1. The number of carbonyl (C=O) groups is 2. The Morgan fingerprint density at radius 1 is 0.849 bits per heavy atom. The van der Waals surface area contributed by atoms with Crippen molar-refractivity contribution in [2.45, 2.75) is 119 Å². The Balaban J connectivity index is 1.30. The second kappa shape index (κ2) is 17.0. The fraction of sp³-hybridized carbons (Fsp3) is 0.524. The monoisotopic (exact) mass is 783 g/mol. The van der Waals surface area contributed by atoms with Crippen molar-refractivity contribution in [2.24, 2.45) is 11.8 Å². The van der Waals surface area contributed by atoms with Crippen molar-refractivity contribution in [3.63, 3.8) is 0 Å². The average Bonchev–Trinajstić information content (AvgIpc) is 3.13. The van der Waals surface area contributed by atoms with Crippen LogP contribution in [0.3, 0.4) is 0 Å². The lowest BCUT2D eigenvalue weighted by atomic mass is 9.75. The molecule has 1 saturated carbocycles. The first-order valence-corrected chi connectivity index (χ1v) is 20.0. The molecule has 2 aliphatic heterocycles. The van der Waals surface area contributed by atoms with Gasteiger partial charge in [-0.25, -0.2) is 0 Å². The van der Waals surface area contributed by atoms with Gasteiger partial charge in [0.25, 0.3) is 9.70 Å². The number of piperidine rings is 1. The summed E-state index contributed by atoms with van der Waals surface area (Å²) in [5.74, 6) is -0.0334. The van der Waals surface area contributed by atoms with E-state index in [0.29, 0.717) is 18.5 Å². The Kier molecular flexibility index (Phi) is 12.8. The summed E-state index contributed by atoms with van der Waals surface area (Å²) in [7, 11) is 0. The summed E-state index contributed by atoms with van der Waals surface area (Å²) in [5.41, 5.74) is 5.18. The van der Waals surface area contributed by atoms with Crippen LogP contribution in [0.2, 0.25) is 0 Å². The van der Waals surface area contributed by atoms with Gasteiger partial charge in [-0.2, -0.15) is 0 Å². The van der Waals surface area contributed by atoms with Gasteiger partial charge in [-0.05, 0) is 92.3 Å². The molecule has 2 heterocycles. The molecule has 53 heavy (non-hydrogen) atoms. The van der Waals surface area contributed by atoms with Gasteiger partial charge >= 0.3 is 0 Å². The second-order valence-electron chi connectivity index (χ2n) is 16.0. The highest BCUT2D eigenvalue weighted by molar-refractivity contribution is 6.76. The van der Waals surface area contributed by atoms with E-state index in [9.17, 15) is 14.7 Å². The molecule has 7 atom stereocenters. The largest absolute Gasteiger partial charge is 0.392 e. The normalized spacial score (nSPS) is 26.8. The van der Waals surface area contributed by atoms with Crippen LogP contribution in [0.1, 0.15) is 101 Å². The molecular weight excluding hydrogens is 733 g/mol. The quantitative estimate of drug-likeness (QED) is 0.188. The minimum Gasteiger partial charge on any atom is -0.392 e. The number of aliphatic hydroxyl groups excluding tert-OH is 1. The van der Waals surface area contributed by atoms with Crippen LogP contribution in [-0.2, 0) is 32.2 Å². The summed E-state index contributed by atoms with van der Waals surface area (Å²) in [5, 5.41) is 15.7. The molecule has 6 rings (SSSR count). The predicted molar refractivity (Wildman–Crippen MR) is 210 cm³/mol. The van der Waals surface area contributed by atoms with E-state index < -0.39 is 16.0 Å². The SMILES string of the molecule is C[C@@H]1[C@H](CN2[C@@H](C(=O)NC(C)(C)C)CC[C@H]3CCCC[C@H]32)O[C@H](c2cccc(-c3cccc(CNC(=O)C(Cl)(Cl)Cl)c3)c2)O[C@@H]1c1ccc(CO)cc1. The summed E-state index contributed by atoms with van der Waals surface area (Å²) in [6, 6.07) is 24.1. The Hall–Kier alpha value is -2.69. The fourth-order valence-corrected chi connectivity index (χ4v) is 8.47. The lowest BCUT2D eigenvalue weighted by Crippen LogP contribution is -2.61. The molecule has 1 aliphatic carbocycles. The molecule has 3 aromatic carbocycles. The number of halogens is 3. The van der Waals surface area contributed by atoms with Gasteiger partial charge in [0.05, 0.1) is 24.9 Å². The number of nitrogens with zero attached hydrogens (tertiary/aromatic N) is 1. The highest BCUT2D eigenvalue weighted by atomic mass is 35.6. The maximum atomic E-state index is 13.9. The summed E-state index contributed by atoms with van der Waals surface area (Å²) in [6.07, 6.45) is 5.44. The van der Waals surface area contributed by atoms with Crippen molar-refractivity contribution in [3.8, 4) is 11.1 Å².